The van der Waals surface area contributed by atoms with Crippen LogP contribution in [0.5, 0.6) is 5.75 Å². The number of carboxylic acid groups (broad SMARTS) is 1. The Bertz CT molecular complexity index is 837. The summed E-state index contributed by atoms with van der Waals surface area (Å²) >= 11 is 0. The van der Waals surface area contributed by atoms with Crippen molar-refractivity contribution in [3.05, 3.63) is 34.7 Å². The topological polar surface area (TPSA) is 86.3 Å². The van der Waals surface area contributed by atoms with E-state index in [4.69, 9.17) is 5.11 Å². The van der Waals surface area contributed by atoms with Crippen molar-refractivity contribution in [2.75, 3.05) is 0 Å². The third kappa shape index (κ3) is 3.26. The number of hydrogen-bond acceptors (Lipinski definition) is 4. The molecular formula is C14H12F3N3O4. The van der Waals surface area contributed by atoms with Gasteiger partial charge >= 0.3 is 18.0 Å². The van der Waals surface area contributed by atoms with Gasteiger partial charge in [-0.3, -0.25) is 9.36 Å². The summed E-state index contributed by atoms with van der Waals surface area (Å²) in [6.07, 6.45) is -3.55. The van der Waals surface area contributed by atoms with Crippen LogP contribution in [0.1, 0.15) is 18.9 Å². The van der Waals surface area contributed by atoms with E-state index in [-0.39, 0.29) is 17.4 Å². The standard InChI is InChI=1S/C14H12F3N3O4/c15-14(16,17)24-10-4-2-1-3-9(10)12-18-19(7-11(21)22)13(23)20(12)8-5-6-8/h1-4,8H,5-7H2,(H,21,22). The largest absolute Gasteiger partial charge is 0.573 e. The molecule has 1 saturated carbocycles. The van der Waals surface area contributed by atoms with E-state index in [0.717, 1.165) is 10.7 Å². The van der Waals surface area contributed by atoms with Gasteiger partial charge in [-0.05, 0) is 25.0 Å². The van der Waals surface area contributed by atoms with Gasteiger partial charge < -0.3 is 9.84 Å². The highest BCUT2D eigenvalue weighted by molar-refractivity contribution is 5.67. The van der Waals surface area contributed by atoms with Gasteiger partial charge in [-0.25, -0.2) is 9.48 Å². The number of ether oxygens (including phenoxy) is 1. The van der Waals surface area contributed by atoms with Gasteiger partial charge in [-0.1, -0.05) is 12.1 Å². The molecule has 0 spiro atoms. The predicted octanol–water partition coefficient (Wildman–Crippen LogP) is 2.03. The smallest absolute Gasteiger partial charge is 0.480 e. The molecule has 1 heterocycles. The Morgan fingerprint density at radius 3 is 2.58 bits per heavy atom. The zero-order valence-corrected chi connectivity index (χ0v) is 12.2. The normalized spacial score (nSPS) is 14.6. The van der Waals surface area contributed by atoms with Crippen LogP contribution in [0.2, 0.25) is 0 Å². The van der Waals surface area contributed by atoms with Crippen LogP contribution in [0.3, 0.4) is 0 Å². The number of hydrogen-bond donors (Lipinski definition) is 1. The average Bonchev–Trinajstić information content (AvgIpc) is 3.24. The van der Waals surface area contributed by atoms with Crippen molar-refractivity contribution in [1.82, 2.24) is 14.3 Å². The maximum atomic E-state index is 12.6. The lowest BCUT2D eigenvalue weighted by Crippen LogP contribution is -2.27. The number of benzene rings is 1. The number of para-hydroxylation sites is 1. The van der Waals surface area contributed by atoms with Crippen molar-refractivity contribution in [1.29, 1.82) is 0 Å². The van der Waals surface area contributed by atoms with E-state index >= 15 is 0 Å². The van der Waals surface area contributed by atoms with Crippen molar-refractivity contribution in [2.24, 2.45) is 0 Å². The fourth-order valence-electron chi connectivity index (χ4n) is 2.36. The molecule has 0 saturated heterocycles. The lowest BCUT2D eigenvalue weighted by atomic mass is 10.2. The molecule has 0 unspecified atom stereocenters. The van der Waals surface area contributed by atoms with Gasteiger partial charge in [0.2, 0.25) is 0 Å². The molecule has 1 aliphatic rings. The third-order valence-corrected chi connectivity index (χ3v) is 3.42. The molecule has 10 heteroatoms. The molecular weight excluding hydrogens is 331 g/mol. The van der Waals surface area contributed by atoms with Crippen LogP contribution in [0.15, 0.2) is 29.1 Å². The van der Waals surface area contributed by atoms with Gasteiger partial charge in [-0.2, -0.15) is 0 Å². The number of alkyl halides is 3. The SMILES string of the molecule is O=C(O)Cn1nc(-c2ccccc2OC(F)(F)F)n(C2CC2)c1=O. The first-order chi connectivity index (χ1) is 11.3. The fraction of sp³-hybridized carbons (Fsp3) is 0.357. The molecule has 0 radical (unpaired) electrons. The van der Waals surface area contributed by atoms with Crippen LogP contribution >= 0.6 is 0 Å². The highest BCUT2D eigenvalue weighted by Gasteiger charge is 2.35. The second-order valence-corrected chi connectivity index (χ2v) is 5.30. The number of aliphatic carboxylic acids is 1. The first-order valence-electron chi connectivity index (χ1n) is 7.02. The molecule has 3 rings (SSSR count). The van der Waals surface area contributed by atoms with Gasteiger partial charge in [0, 0.05) is 6.04 Å². The van der Waals surface area contributed by atoms with Crippen LogP contribution < -0.4 is 10.4 Å². The Morgan fingerprint density at radius 2 is 2.00 bits per heavy atom. The second kappa shape index (κ2) is 5.69. The molecule has 1 aromatic carbocycles. The zero-order chi connectivity index (χ0) is 17.5. The van der Waals surface area contributed by atoms with Crippen molar-refractivity contribution in [3.8, 4) is 17.1 Å². The Labute approximate surface area is 132 Å². The maximum Gasteiger partial charge on any atom is 0.573 e. The zero-order valence-electron chi connectivity index (χ0n) is 12.2. The number of halogens is 3. The Balaban J connectivity index is 2.13. The quantitative estimate of drug-likeness (QED) is 0.898. The van der Waals surface area contributed by atoms with E-state index in [1.165, 1.54) is 22.8 Å². The minimum atomic E-state index is -4.90. The summed E-state index contributed by atoms with van der Waals surface area (Å²) in [5, 5.41) is 12.8. The summed E-state index contributed by atoms with van der Waals surface area (Å²) in [4.78, 5) is 23.1. The van der Waals surface area contributed by atoms with Gasteiger partial charge in [-0.15, -0.1) is 18.3 Å². The minimum absolute atomic E-state index is 0.0250. The summed E-state index contributed by atoms with van der Waals surface area (Å²) in [6.45, 7) is -0.673. The Hall–Kier alpha value is -2.78. The maximum absolute atomic E-state index is 12.6. The summed E-state index contributed by atoms with van der Waals surface area (Å²) in [5.41, 5.74) is -0.695. The molecule has 1 aliphatic carbocycles. The molecule has 0 bridgehead atoms. The third-order valence-electron chi connectivity index (χ3n) is 3.42. The molecule has 24 heavy (non-hydrogen) atoms. The number of carbonyl (C=O) groups is 1. The van der Waals surface area contributed by atoms with Crippen molar-refractivity contribution in [3.63, 3.8) is 0 Å². The highest BCUT2D eigenvalue weighted by atomic mass is 19.4. The fourth-order valence-corrected chi connectivity index (χ4v) is 2.36. The van der Waals surface area contributed by atoms with Crippen LogP contribution in [-0.2, 0) is 11.3 Å². The molecule has 0 amide bonds. The summed E-state index contributed by atoms with van der Waals surface area (Å²) in [5.74, 6) is -1.81. The summed E-state index contributed by atoms with van der Waals surface area (Å²) in [7, 11) is 0. The molecule has 1 N–H and O–H groups in total. The Morgan fingerprint density at radius 1 is 1.33 bits per heavy atom. The first kappa shape index (κ1) is 16.1. The monoisotopic (exact) mass is 343 g/mol. The van der Waals surface area contributed by atoms with E-state index in [1.54, 1.807) is 0 Å². The van der Waals surface area contributed by atoms with Crippen molar-refractivity contribution in [2.45, 2.75) is 31.8 Å². The molecule has 1 aromatic heterocycles. The minimum Gasteiger partial charge on any atom is -0.480 e. The number of aromatic nitrogens is 3. The average molecular weight is 343 g/mol. The molecule has 1 fully saturated rings. The van der Waals surface area contributed by atoms with Crippen LogP contribution in [0.25, 0.3) is 11.4 Å². The molecule has 0 atom stereocenters. The highest BCUT2D eigenvalue weighted by Crippen LogP contribution is 2.39. The Kier molecular flexibility index (Phi) is 3.82. The van der Waals surface area contributed by atoms with Gasteiger partial charge in [0.05, 0.1) is 5.56 Å². The van der Waals surface area contributed by atoms with Gasteiger partial charge in [0.25, 0.3) is 0 Å². The van der Waals surface area contributed by atoms with E-state index in [2.05, 4.69) is 9.84 Å². The van der Waals surface area contributed by atoms with E-state index in [0.29, 0.717) is 12.8 Å². The lowest BCUT2D eigenvalue weighted by molar-refractivity contribution is -0.274. The summed E-state index contributed by atoms with van der Waals surface area (Å²) in [6, 6.07) is 5.09. The lowest BCUT2D eigenvalue weighted by Gasteiger charge is -2.13. The van der Waals surface area contributed by atoms with Crippen LogP contribution in [-0.4, -0.2) is 31.8 Å². The predicted molar refractivity (Wildman–Crippen MR) is 74.5 cm³/mol. The molecule has 2 aromatic rings. The summed E-state index contributed by atoms with van der Waals surface area (Å²) < 4.78 is 43.7. The van der Waals surface area contributed by atoms with Gasteiger partial charge in [0.1, 0.15) is 12.3 Å². The van der Waals surface area contributed by atoms with Crippen LogP contribution in [0, 0.1) is 0 Å². The van der Waals surface area contributed by atoms with Crippen LogP contribution in [0.4, 0.5) is 13.2 Å². The molecule has 7 nitrogen and oxygen atoms in total. The molecule has 0 aliphatic heterocycles. The van der Waals surface area contributed by atoms with Crippen molar-refractivity contribution < 1.29 is 27.8 Å². The first-order valence-corrected chi connectivity index (χ1v) is 7.02. The van der Waals surface area contributed by atoms with Gasteiger partial charge in [0.15, 0.2) is 5.82 Å². The number of carboxylic acids is 1. The number of nitrogens with zero attached hydrogens (tertiary/aromatic N) is 3. The van der Waals surface area contributed by atoms with E-state index < -0.39 is 30.3 Å². The second-order valence-electron chi connectivity index (χ2n) is 5.30. The van der Waals surface area contributed by atoms with E-state index in [1.807, 2.05) is 0 Å². The van der Waals surface area contributed by atoms with E-state index in [9.17, 15) is 22.8 Å². The molecule has 128 valence electrons. The number of rotatable bonds is 5. The van der Waals surface area contributed by atoms with Crippen molar-refractivity contribution >= 4 is 5.97 Å².